The van der Waals surface area contributed by atoms with Crippen molar-refractivity contribution in [3.63, 3.8) is 0 Å². The Kier molecular flexibility index (Phi) is 19.0. The Balaban J connectivity index is 1.00. The maximum Gasteiger partial charge on any atom is 0.222 e. The Morgan fingerprint density at radius 3 is 1.28 bits per heavy atom. The van der Waals surface area contributed by atoms with Crippen molar-refractivity contribution in [1.82, 2.24) is 15.5 Å². The molecule has 0 saturated carbocycles. The predicted octanol–water partition coefficient (Wildman–Crippen LogP) is -3.31. The normalized spacial score (nSPS) is 43.2. The summed E-state index contributed by atoms with van der Waals surface area (Å²) >= 11 is 0. The van der Waals surface area contributed by atoms with E-state index in [-0.39, 0.29) is 32.5 Å². The average Bonchev–Trinajstić information content (AvgIpc) is 3.27. The van der Waals surface area contributed by atoms with Gasteiger partial charge in [0.1, 0.15) is 61.0 Å². The Labute approximate surface area is 372 Å². The minimum absolute atomic E-state index is 0.0730. The first-order valence-corrected chi connectivity index (χ1v) is 22.5. The van der Waals surface area contributed by atoms with E-state index in [1.807, 2.05) is 0 Å². The van der Waals surface area contributed by atoms with Crippen molar-refractivity contribution in [3.05, 3.63) is 24.6 Å². The van der Waals surface area contributed by atoms with E-state index in [1.54, 1.807) is 0 Å². The zero-order chi connectivity index (χ0) is 46.2. The summed E-state index contributed by atoms with van der Waals surface area (Å²) in [4.78, 5) is 14.2. The molecule has 22 heteroatoms. The maximum absolute atomic E-state index is 12.7. The van der Waals surface area contributed by atoms with Crippen molar-refractivity contribution >= 4 is 5.91 Å². The number of aliphatic hydroxyl groups is 10. The highest BCUT2D eigenvalue weighted by molar-refractivity contribution is 5.73. The van der Waals surface area contributed by atoms with Gasteiger partial charge < -0.3 is 104 Å². The SMILES string of the molecule is C=C(CCC1OC2OC3C(CO)OC(OCCCCC1C(O)C2O)C(O)C3O)NCN(CNC(=C)CCC1OC2OC3C(CO)OC(OCCCCC1C(O)C2O)C(O)C3O)C(C)=O. The fourth-order valence-corrected chi connectivity index (χ4v) is 9.37. The molecule has 0 aliphatic carbocycles. The van der Waals surface area contributed by atoms with Crippen LogP contribution in [-0.4, -0.2) is 212 Å². The van der Waals surface area contributed by atoms with Gasteiger partial charge in [0.05, 0.1) is 51.0 Å². The summed E-state index contributed by atoms with van der Waals surface area (Å²) < 4.78 is 47.0. The van der Waals surface area contributed by atoms with Gasteiger partial charge in [-0.25, -0.2) is 0 Å². The zero-order valence-electron chi connectivity index (χ0n) is 36.4. The van der Waals surface area contributed by atoms with Crippen LogP contribution in [0.2, 0.25) is 0 Å². The first-order valence-electron chi connectivity index (χ1n) is 22.5. The molecule has 0 aromatic carbocycles. The Morgan fingerprint density at radius 1 is 0.531 bits per heavy atom. The van der Waals surface area contributed by atoms with Gasteiger partial charge in [0.2, 0.25) is 5.91 Å². The van der Waals surface area contributed by atoms with Crippen LogP contribution < -0.4 is 10.6 Å². The van der Waals surface area contributed by atoms with E-state index < -0.39 is 136 Å². The third-order valence-corrected chi connectivity index (χ3v) is 13.3. The number of nitrogens with one attached hydrogen (secondary N) is 2. The topological polar surface area (TPSA) is 321 Å². The lowest BCUT2D eigenvalue weighted by atomic mass is 9.83. The Morgan fingerprint density at radius 2 is 0.906 bits per heavy atom. The van der Waals surface area contributed by atoms with Crippen molar-refractivity contribution in [2.75, 3.05) is 39.8 Å². The van der Waals surface area contributed by atoms with Gasteiger partial charge in [-0.05, 0) is 51.4 Å². The molecule has 22 nitrogen and oxygen atoms in total. The molecule has 20 atom stereocenters. The minimum atomic E-state index is -1.55. The maximum atomic E-state index is 12.7. The molecule has 12 heterocycles. The number of hydrogen-bond acceptors (Lipinski definition) is 21. The quantitative estimate of drug-likeness (QED) is 0.0759. The second-order valence-electron chi connectivity index (χ2n) is 17.7. The number of rotatable bonds is 14. The standard InChI is InChI=1S/C42H71N3O19/c1-20(10-12-25-23-8-4-6-14-57-39-35(55)31(51)37(27(16-46)61-39)63-41(59-25)33(53)29(23)49)43-18-45(22(3)48)19-44-21(2)11-13-26-24-9-5-7-15-58-40-36(56)32(52)38(28(17-47)62-40)64-42(60-26)34(54)30(24)50/h23-44,46-47,49-56H,1-2,4-19H2,3H3. The lowest BCUT2D eigenvalue weighted by Crippen LogP contribution is -2.63. The fraction of sp³-hybridized carbons (Fsp3) is 0.881. The Hall–Kier alpha value is -2.17. The van der Waals surface area contributed by atoms with Crippen LogP contribution in [0, 0.1) is 11.8 Å². The van der Waals surface area contributed by atoms with E-state index >= 15 is 0 Å². The van der Waals surface area contributed by atoms with E-state index in [0.717, 1.165) is 0 Å². The van der Waals surface area contributed by atoms with Crippen LogP contribution in [-0.2, 0) is 42.7 Å². The molecule has 0 spiro atoms. The molecule has 0 aromatic heterocycles. The molecule has 8 bridgehead atoms. The summed E-state index contributed by atoms with van der Waals surface area (Å²) in [7, 11) is 0. The monoisotopic (exact) mass is 921 g/mol. The number of hydrogen-bond donors (Lipinski definition) is 12. The van der Waals surface area contributed by atoms with Gasteiger partial charge in [-0.15, -0.1) is 0 Å². The smallest absolute Gasteiger partial charge is 0.222 e. The number of carbonyl (C=O) groups excluding carboxylic acids is 1. The molecule has 12 fully saturated rings. The number of ether oxygens (including phenoxy) is 8. The molecule has 20 unspecified atom stereocenters. The molecular weight excluding hydrogens is 850 g/mol. The van der Waals surface area contributed by atoms with E-state index in [4.69, 9.17) is 37.9 Å². The lowest BCUT2D eigenvalue weighted by molar-refractivity contribution is -0.356. The highest BCUT2D eigenvalue weighted by Crippen LogP contribution is 2.38. The number of carbonyl (C=O) groups is 1. The summed E-state index contributed by atoms with van der Waals surface area (Å²) in [6.45, 7) is 8.99. The number of nitrogens with zero attached hydrogens (tertiary/aromatic N) is 1. The summed E-state index contributed by atoms with van der Waals surface area (Å²) in [5, 5.41) is 114. The summed E-state index contributed by atoms with van der Waals surface area (Å²) in [5.41, 5.74) is 1.11. The third kappa shape index (κ3) is 12.3. The van der Waals surface area contributed by atoms with Crippen molar-refractivity contribution in [2.24, 2.45) is 11.8 Å². The van der Waals surface area contributed by atoms with Gasteiger partial charge in [-0.3, -0.25) is 4.79 Å². The minimum Gasteiger partial charge on any atom is -0.394 e. The van der Waals surface area contributed by atoms with Crippen LogP contribution in [0.3, 0.4) is 0 Å². The van der Waals surface area contributed by atoms with Gasteiger partial charge in [-0.1, -0.05) is 26.0 Å². The fourth-order valence-electron chi connectivity index (χ4n) is 9.37. The molecule has 0 radical (unpaired) electrons. The zero-order valence-corrected chi connectivity index (χ0v) is 36.4. The van der Waals surface area contributed by atoms with Crippen molar-refractivity contribution in [3.8, 4) is 0 Å². The number of aliphatic hydroxyl groups excluding tert-OH is 10. The molecule has 0 aromatic rings. The van der Waals surface area contributed by atoms with Gasteiger partial charge in [-0.2, -0.15) is 0 Å². The highest BCUT2D eigenvalue weighted by atomic mass is 16.7. The van der Waals surface area contributed by atoms with Gasteiger partial charge in [0.15, 0.2) is 25.2 Å². The summed E-state index contributed by atoms with van der Waals surface area (Å²) in [5.74, 6) is -1.24. The second-order valence-corrected chi connectivity index (χ2v) is 17.7. The lowest BCUT2D eigenvalue weighted by Gasteiger charge is -2.47. The van der Waals surface area contributed by atoms with Gasteiger partial charge >= 0.3 is 0 Å². The first kappa shape index (κ1) is 51.2. The van der Waals surface area contributed by atoms with Crippen LogP contribution in [0.15, 0.2) is 24.6 Å². The summed E-state index contributed by atoms with van der Waals surface area (Å²) in [6, 6.07) is 0. The summed E-state index contributed by atoms with van der Waals surface area (Å²) in [6.07, 6.45) is -18.4. The molecule has 64 heavy (non-hydrogen) atoms. The predicted molar refractivity (Wildman–Crippen MR) is 218 cm³/mol. The van der Waals surface area contributed by atoms with E-state index in [1.165, 1.54) is 11.8 Å². The van der Waals surface area contributed by atoms with Crippen molar-refractivity contribution in [2.45, 2.75) is 182 Å². The largest absolute Gasteiger partial charge is 0.394 e. The molecule has 12 saturated heterocycles. The average molecular weight is 922 g/mol. The molecule has 12 aliphatic rings. The second kappa shape index (κ2) is 23.7. The molecule has 12 N–H and O–H groups in total. The van der Waals surface area contributed by atoms with Gasteiger partial charge in [0.25, 0.3) is 0 Å². The molecule has 1 amide bonds. The van der Waals surface area contributed by atoms with Crippen LogP contribution in [0.5, 0.6) is 0 Å². The van der Waals surface area contributed by atoms with E-state index in [9.17, 15) is 55.9 Å². The van der Waals surface area contributed by atoms with Gasteiger partial charge in [0, 0.05) is 43.4 Å². The number of allylic oxidation sites excluding steroid dienone is 2. The molecule has 12 aliphatic heterocycles. The first-order chi connectivity index (χ1) is 30.6. The Bertz CT molecular complexity index is 1400. The van der Waals surface area contributed by atoms with E-state index in [2.05, 4.69) is 23.8 Å². The van der Waals surface area contributed by atoms with Crippen LogP contribution in [0.1, 0.15) is 71.1 Å². The number of amides is 1. The highest BCUT2D eigenvalue weighted by Gasteiger charge is 2.53. The van der Waals surface area contributed by atoms with Crippen LogP contribution in [0.4, 0.5) is 0 Å². The van der Waals surface area contributed by atoms with Crippen molar-refractivity contribution < 1.29 is 93.8 Å². The van der Waals surface area contributed by atoms with Crippen LogP contribution >= 0.6 is 0 Å². The van der Waals surface area contributed by atoms with E-state index in [0.29, 0.717) is 75.6 Å². The molecule has 12 rings (SSSR count). The van der Waals surface area contributed by atoms with Crippen molar-refractivity contribution in [1.29, 1.82) is 0 Å². The molecule has 368 valence electrons. The van der Waals surface area contributed by atoms with Crippen LogP contribution in [0.25, 0.3) is 0 Å². The molecular formula is C42H71N3O19. The third-order valence-electron chi connectivity index (χ3n) is 13.3.